The van der Waals surface area contributed by atoms with Gasteiger partial charge in [-0.05, 0) is 49.7 Å². The summed E-state index contributed by atoms with van der Waals surface area (Å²) in [6.45, 7) is 0.833. The van der Waals surface area contributed by atoms with E-state index in [0.29, 0.717) is 28.0 Å². The fourth-order valence-corrected chi connectivity index (χ4v) is 5.42. The molecule has 0 radical (unpaired) electrons. The van der Waals surface area contributed by atoms with Gasteiger partial charge in [-0.3, -0.25) is 4.79 Å². The molecule has 2 saturated carbocycles. The van der Waals surface area contributed by atoms with E-state index < -0.39 is 0 Å². The summed E-state index contributed by atoms with van der Waals surface area (Å²) in [6.07, 6.45) is 6.25. The largest absolute Gasteiger partial charge is 0.429 e. The Morgan fingerprint density at radius 1 is 1.33 bits per heavy atom. The molecule has 2 heterocycles. The number of aromatic nitrogens is 1. The van der Waals surface area contributed by atoms with Gasteiger partial charge in [0.1, 0.15) is 0 Å². The van der Waals surface area contributed by atoms with Crippen molar-refractivity contribution >= 4 is 29.2 Å². The van der Waals surface area contributed by atoms with Crippen LogP contribution < -0.4 is 5.32 Å². The summed E-state index contributed by atoms with van der Waals surface area (Å²) < 4.78 is 11.4. The maximum atomic E-state index is 12.8. The van der Waals surface area contributed by atoms with Gasteiger partial charge in [0.2, 0.25) is 0 Å². The number of hydrogen-bond donors (Lipinski definition) is 2. The second-order valence-corrected chi connectivity index (χ2v) is 7.73. The lowest BCUT2D eigenvalue weighted by molar-refractivity contribution is -0.126. The van der Waals surface area contributed by atoms with E-state index in [1.165, 1.54) is 25.7 Å². The highest BCUT2D eigenvalue weighted by Crippen LogP contribution is 2.60. The van der Waals surface area contributed by atoms with Crippen LogP contribution in [-0.2, 0) is 4.74 Å². The minimum Gasteiger partial charge on any atom is -0.429 e. The number of hydrogen-bond acceptors (Lipinski definition) is 4. The van der Waals surface area contributed by atoms with E-state index in [0.717, 1.165) is 18.5 Å². The molecule has 126 valence electrons. The molecule has 1 amide bonds. The third kappa shape index (κ3) is 1.96. The van der Waals surface area contributed by atoms with Crippen LogP contribution in [0.4, 0.5) is 0 Å². The molecule has 1 aromatic heterocycles. The van der Waals surface area contributed by atoms with Gasteiger partial charge in [0, 0.05) is 29.5 Å². The van der Waals surface area contributed by atoms with E-state index in [4.69, 9.17) is 21.4 Å². The highest BCUT2D eigenvalue weighted by Gasteiger charge is 2.65. The third-order valence-electron chi connectivity index (χ3n) is 6.26. The van der Waals surface area contributed by atoms with Crippen molar-refractivity contribution in [2.24, 2.45) is 11.3 Å². The second-order valence-electron chi connectivity index (χ2n) is 7.36. The van der Waals surface area contributed by atoms with Crippen molar-refractivity contribution in [1.82, 2.24) is 10.3 Å². The van der Waals surface area contributed by atoms with Crippen LogP contribution in [0.1, 0.15) is 42.5 Å². The molecule has 3 aliphatic rings. The highest BCUT2D eigenvalue weighted by molar-refractivity contribution is 7.71. The van der Waals surface area contributed by atoms with Gasteiger partial charge in [-0.25, -0.2) is 0 Å². The van der Waals surface area contributed by atoms with Crippen LogP contribution in [0.5, 0.6) is 0 Å². The summed E-state index contributed by atoms with van der Waals surface area (Å²) in [5.41, 5.74) is 2.24. The summed E-state index contributed by atoms with van der Waals surface area (Å²) in [7, 11) is 0. The average Bonchev–Trinajstić information content (AvgIpc) is 3.28. The monoisotopic (exact) mass is 344 g/mol. The van der Waals surface area contributed by atoms with Crippen molar-refractivity contribution in [3.8, 4) is 0 Å². The van der Waals surface area contributed by atoms with Gasteiger partial charge < -0.3 is 19.5 Å². The fraction of sp³-hybridized carbons (Fsp3) is 0.556. The van der Waals surface area contributed by atoms with Crippen molar-refractivity contribution in [2.75, 3.05) is 6.61 Å². The molecule has 0 bridgehead atoms. The van der Waals surface area contributed by atoms with Crippen LogP contribution in [0.15, 0.2) is 22.6 Å². The average molecular weight is 344 g/mol. The predicted octanol–water partition coefficient (Wildman–Crippen LogP) is 3.57. The third-order valence-corrected chi connectivity index (χ3v) is 6.44. The Hall–Kier alpha value is -1.66. The second kappa shape index (κ2) is 5.17. The van der Waals surface area contributed by atoms with Gasteiger partial charge in [0.05, 0.1) is 11.6 Å². The van der Waals surface area contributed by atoms with Gasteiger partial charge in [0.15, 0.2) is 5.58 Å². The SMILES string of the molecule is O=C(N[C@@H]1[C@H]2CCO[C@H]2C12CCCC2)c1ccc2[nH]c(=S)oc2c1. The molecule has 1 aromatic carbocycles. The molecule has 1 aliphatic heterocycles. The molecule has 24 heavy (non-hydrogen) atoms. The van der Waals surface area contributed by atoms with Crippen molar-refractivity contribution in [3.63, 3.8) is 0 Å². The molecule has 5 rings (SSSR count). The highest BCUT2D eigenvalue weighted by atomic mass is 32.1. The van der Waals surface area contributed by atoms with Gasteiger partial charge in [-0.15, -0.1) is 0 Å². The number of ether oxygens (including phenoxy) is 1. The number of amides is 1. The molecule has 2 aromatic rings. The molecule has 1 saturated heterocycles. The van der Waals surface area contributed by atoms with E-state index in [1.807, 2.05) is 12.1 Å². The first-order valence-corrected chi connectivity index (χ1v) is 9.14. The summed E-state index contributed by atoms with van der Waals surface area (Å²) in [5.74, 6) is 0.452. The van der Waals surface area contributed by atoms with Crippen LogP contribution in [0, 0.1) is 16.2 Å². The number of fused-ring (bicyclic) bond motifs is 3. The fourth-order valence-electron chi connectivity index (χ4n) is 5.22. The smallest absolute Gasteiger partial charge is 0.266 e. The summed E-state index contributed by atoms with van der Waals surface area (Å²) in [6, 6.07) is 5.67. The summed E-state index contributed by atoms with van der Waals surface area (Å²) >= 11 is 5.00. The Bertz CT molecular complexity index is 865. The topological polar surface area (TPSA) is 67.3 Å². The molecule has 5 nitrogen and oxygen atoms in total. The van der Waals surface area contributed by atoms with Crippen molar-refractivity contribution in [1.29, 1.82) is 0 Å². The number of benzene rings is 1. The van der Waals surface area contributed by atoms with Crippen molar-refractivity contribution in [3.05, 3.63) is 28.6 Å². The number of nitrogens with one attached hydrogen (secondary N) is 2. The number of aromatic amines is 1. The van der Waals surface area contributed by atoms with Gasteiger partial charge in [0.25, 0.3) is 10.7 Å². The van der Waals surface area contributed by atoms with Gasteiger partial charge in [-0.1, -0.05) is 12.8 Å². The molecular formula is C18H20N2O3S. The lowest BCUT2D eigenvalue weighted by Crippen LogP contribution is -2.68. The van der Waals surface area contributed by atoms with E-state index in [9.17, 15) is 4.79 Å². The summed E-state index contributed by atoms with van der Waals surface area (Å²) in [5, 5.41) is 3.31. The Labute approximate surface area is 144 Å². The molecular weight excluding hydrogens is 324 g/mol. The first kappa shape index (κ1) is 14.7. The summed E-state index contributed by atoms with van der Waals surface area (Å²) in [4.78, 5) is 16.1. The normalized spacial score (nSPS) is 30.4. The lowest BCUT2D eigenvalue weighted by Gasteiger charge is -2.56. The maximum absolute atomic E-state index is 12.8. The number of carbonyl (C=O) groups is 1. The molecule has 3 atom stereocenters. The van der Waals surface area contributed by atoms with E-state index in [2.05, 4.69) is 10.3 Å². The first-order valence-electron chi connectivity index (χ1n) is 8.73. The van der Waals surface area contributed by atoms with Crippen molar-refractivity contribution in [2.45, 2.75) is 44.2 Å². The minimum absolute atomic E-state index is 0.0270. The Kier molecular flexibility index (Phi) is 3.16. The van der Waals surface area contributed by atoms with E-state index in [1.54, 1.807) is 6.07 Å². The first-order chi connectivity index (χ1) is 11.7. The molecule has 2 aliphatic carbocycles. The number of rotatable bonds is 2. The van der Waals surface area contributed by atoms with E-state index in [-0.39, 0.29) is 17.4 Å². The zero-order valence-electron chi connectivity index (χ0n) is 13.3. The Morgan fingerprint density at radius 2 is 2.17 bits per heavy atom. The number of oxazole rings is 1. The van der Waals surface area contributed by atoms with Crippen LogP contribution >= 0.6 is 12.2 Å². The van der Waals surface area contributed by atoms with E-state index >= 15 is 0 Å². The molecule has 2 N–H and O–H groups in total. The van der Waals surface area contributed by atoms with Crippen LogP contribution in [0.3, 0.4) is 0 Å². The molecule has 6 heteroatoms. The zero-order valence-corrected chi connectivity index (χ0v) is 14.2. The van der Waals surface area contributed by atoms with Crippen LogP contribution in [-0.4, -0.2) is 29.6 Å². The number of carbonyl (C=O) groups excluding carboxylic acids is 1. The molecule has 3 fully saturated rings. The number of H-pyrrole nitrogens is 1. The Balaban J connectivity index is 1.41. The Morgan fingerprint density at radius 3 is 3.00 bits per heavy atom. The van der Waals surface area contributed by atoms with Crippen LogP contribution in [0.25, 0.3) is 11.1 Å². The lowest BCUT2D eigenvalue weighted by atomic mass is 9.54. The van der Waals surface area contributed by atoms with Crippen LogP contribution in [0.2, 0.25) is 0 Å². The standard InChI is InChI=1S/C18H20N2O3S/c21-16(10-3-4-12-13(9-10)23-17(24)19-12)20-14-11-5-8-22-15(11)18(14)6-1-2-7-18/h3-4,9,11,14-15H,1-2,5-8H2,(H,19,24)(H,20,21)/t11-,14-,15-/m1/s1. The van der Waals surface area contributed by atoms with Gasteiger partial charge in [-0.2, -0.15) is 0 Å². The molecule has 0 unspecified atom stereocenters. The zero-order chi connectivity index (χ0) is 16.3. The minimum atomic E-state index is -0.0270. The maximum Gasteiger partial charge on any atom is 0.266 e. The quantitative estimate of drug-likeness (QED) is 0.818. The predicted molar refractivity (Wildman–Crippen MR) is 91.4 cm³/mol. The molecule has 1 spiro atoms. The van der Waals surface area contributed by atoms with Gasteiger partial charge >= 0.3 is 0 Å². The van der Waals surface area contributed by atoms with Crippen molar-refractivity contribution < 1.29 is 13.9 Å².